The molecule has 0 aliphatic carbocycles. The van der Waals surface area contributed by atoms with Crippen molar-refractivity contribution in [1.82, 2.24) is 10.3 Å². The number of aliphatic hydroxyl groups is 1. The number of rotatable bonds is 3. The Balaban J connectivity index is 2.02. The first-order valence-corrected chi connectivity index (χ1v) is 5.88. The third-order valence-electron chi connectivity index (χ3n) is 3.03. The Labute approximate surface area is 106 Å². The predicted octanol–water partition coefficient (Wildman–Crippen LogP) is 0.509. The van der Waals surface area contributed by atoms with Crippen LogP contribution in [0.25, 0.3) is 0 Å². The molecule has 0 saturated carbocycles. The summed E-state index contributed by atoms with van der Waals surface area (Å²) in [7, 11) is 1.35. The van der Waals surface area contributed by atoms with Gasteiger partial charge in [-0.3, -0.25) is 0 Å². The standard InChI is InChI=1S/C12H17N3O3/c1-18-12(17)14-10-4-6-15(7-10)11-9(8-16)3-2-5-13-11/h2-3,5,10,16H,4,6-8H2,1H3,(H,14,17). The smallest absolute Gasteiger partial charge is 0.407 e. The van der Waals surface area contributed by atoms with Gasteiger partial charge in [-0.1, -0.05) is 6.07 Å². The Morgan fingerprint density at radius 1 is 1.72 bits per heavy atom. The monoisotopic (exact) mass is 251 g/mol. The summed E-state index contributed by atoms with van der Waals surface area (Å²) in [5, 5.41) is 12.0. The molecule has 6 nitrogen and oxygen atoms in total. The second-order valence-corrected chi connectivity index (χ2v) is 4.21. The molecule has 2 heterocycles. The minimum atomic E-state index is -0.412. The molecule has 1 aliphatic rings. The van der Waals surface area contributed by atoms with Gasteiger partial charge in [0.25, 0.3) is 0 Å². The largest absolute Gasteiger partial charge is 0.453 e. The summed E-state index contributed by atoms with van der Waals surface area (Å²) < 4.78 is 4.57. The third-order valence-corrected chi connectivity index (χ3v) is 3.03. The van der Waals surface area contributed by atoms with Gasteiger partial charge >= 0.3 is 6.09 Å². The van der Waals surface area contributed by atoms with Gasteiger partial charge in [-0.15, -0.1) is 0 Å². The van der Waals surface area contributed by atoms with Crippen molar-refractivity contribution in [2.45, 2.75) is 19.1 Å². The van der Waals surface area contributed by atoms with Crippen molar-refractivity contribution in [3.05, 3.63) is 23.9 Å². The van der Waals surface area contributed by atoms with Crippen molar-refractivity contribution in [2.75, 3.05) is 25.1 Å². The maximum Gasteiger partial charge on any atom is 0.407 e. The summed E-state index contributed by atoms with van der Waals surface area (Å²) in [6.45, 7) is 1.45. The van der Waals surface area contributed by atoms with Crippen LogP contribution in [0.4, 0.5) is 10.6 Å². The van der Waals surface area contributed by atoms with Crippen LogP contribution in [0.3, 0.4) is 0 Å². The number of alkyl carbamates (subject to hydrolysis) is 1. The lowest BCUT2D eigenvalue weighted by atomic mass is 10.2. The van der Waals surface area contributed by atoms with Gasteiger partial charge in [-0.2, -0.15) is 0 Å². The normalized spacial score (nSPS) is 18.8. The quantitative estimate of drug-likeness (QED) is 0.818. The molecule has 18 heavy (non-hydrogen) atoms. The highest BCUT2D eigenvalue weighted by atomic mass is 16.5. The molecule has 0 aromatic carbocycles. The van der Waals surface area contributed by atoms with Crippen LogP contribution in [0.5, 0.6) is 0 Å². The van der Waals surface area contributed by atoms with Gasteiger partial charge in [0.1, 0.15) is 5.82 Å². The molecular weight excluding hydrogens is 234 g/mol. The van der Waals surface area contributed by atoms with Gasteiger partial charge in [0.05, 0.1) is 19.8 Å². The van der Waals surface area contributed by atoms with Crippen molar-refractivity contribution in [1.29, 1.82) is 0 Å². The zero-order valence-corrected chi connectivity index (χ0v) is 10.3. The number of nitrogens with one attached hydrogen (secondary N) is 1. The summed E-state index contributed by atoms with van der Waals surface area (Å²) in [6, 6.07) is 3.71. The molecule has 1 fully saturated rings. The maximum absolute atomic E-state index is 11.1. The highest BCUT2D eigenvalue weighted by Crippen LogP contribution is 2.22. The van der Waals surface area contributed by atoms with Crippen molar-refractivity contribution in [3.8, 4) is 0 Å². The summed E-state index contributed by atoms with van der Waals surface area (Å²) in [6.07, 6.45) is 2.14. The first-order valence-electron chi connectivity index (χ1n) is 5.88. The minimum absolute atomic E-state index is 0.0330. The minimum Gasteiger partial charge on any atom is -0.453 e. The molecule has 1 aliphatic heterocycles. The van der Waals surface area contributed by atoms with Crippen LogP contribution < -0.4 is 10.2 Å². The number of carbonyl (C=O) groups is 1. The Hall–Kier alpha value is -1.82. The molecule has 2 N–H and O–H groups in total. The lowest BCUT2D eigenvalue weighted by Gasteiger charge is -2.20. The van der Waals surface area contributed by atoms with Crippen LogP contribution in [0.15, 0.2) is 18.3 Å². The molecule has 98 valence electrons. The molecule has 1 saturated heterocycles. The summed E-state index contributed by atoms with van der Waals surface area (Å²) in [5.74, 6) is 0.786. The second-order valence-electron chi connectivity index (χ2n) is 4.21. The van der Waals surface area contributed by atoms with Crippen LogP contribution >= 0.6 is 0 Å². The Morgan fingerprint density at radius 3 is 3.28 bits per heavy atom. The summed E-state index contributed by atoms with van der Waals surface area (Å²) in [4.78, 5) is 17.5. The number of methoxy groups -OCH3 is 1. The molecule has 0 radical (unpaired) electrons. The van der Waals surface area contributed by atoms with Gasteiger partial charge in [-0.05, 0) is 12.5 Å². The van der Waals surface area contributed by atoms with E-state index in [2.05, 4.69) is 19.9 Å². The van der Waals surface area contributed by atoms with Crippen molar-refractivity contribution < 1.29 is 14.6 Å². The predicted molar refractivity (Wildman–Crippen MR) is 66.3 cm³/mol. The number of ether oxygens (including phenoxy) is 1. The average molecular weight is 251 g/mol. The second kappa shape index (κ2) is 5.68. The molecule has 1 aromatic heterocycles. The molecule has 0 spiro atoms. The fourth-order valence-corrected chi connectivity index (χ4v) is 2.13. The SMILES string of the molecule is COC(=O)NC1CCN(c2ncccc2CO)C1. The van der Waals surface area contributed by atoms with Crippen LogP contribution in [0.1, 0.15) is 12.0 Å². The first kappa shape index (κ1) is 12.6. The topological polar surface area (TPSA) is 74.7 Å². The number of hydrogen-bond acceptors (Lipinski definition) is 5. The first-order chi connectivity index (χ1) is 8.74. The number of anilines is 1. The van der Waals surface area contributed by atoms with Gasteiger partial charge in [0.15, 0.2) is 0 Å². The summed E-state index contributed by atoms with van der Waals surface area (Å²) in [5.41, 5.74) is 0.802. The van der Waals surface area contributed by atoms with E-state index in [1.807, 2.05) is 6.07 Å². The highest BCUT2D eigenvalue weighted by Gasteiger charge is 2.26. The van der Waals surface area contributed by atoms with E-state index in [9.17, 15) is 9.90 Å². The van der Waals surface area contributed by atoms with E-state index in [-0.39, 0.29) is 12.6 Å². The zero-order valence-electron chi connectivity index (χ0n) is 10.3. The fourth-order valence-electron chi connectivity index (χ4n) is 2.13. The van der Waals surface area contributed by atoms with E-state index in [1.54, 1.807) is 12.3 Å². The summed E-state index contributed by atoms with van der Waals surface area (Å²) >= 11 is 0. The Kier molecular flexibility index (Phi) is 3.99. The molecule has 6 heteroatoms. The number of nitrogens with zero attached hydrogens (tertiary/aromatic N) is 2. The number of aromatic nitrogens is 1. The molecule has 1 unspecified atom stereocenters. The van der Waals surface area contributed by atoms with Gasteiger partial charge in [-0.25, -0.2) is 9.78 Å². The van der Waals surface area contributed by atoms with Crippen LogP contribution in [-0.4, -0.2) is 42.4 Å². The van der Waals surface area contributed by atoms with E-state index in [4.69, 9.17) is 0 Å². The molecule has 0 bridgehead atoms. The van der Waals surface area contributed by atoms with Crippen molar-refractivity contribution in [2.24, 2.45) is 0 Å². The van der Waals surface area contributed by atoms with Crippen molar-refractivity contribution >= 4 is 11.9 Å². The third kappa shape index (κ3) is 2.70. The van der Waals surface area contributed by atoms with Gasteiger partial charge in [0.2, 0.25) is 0 Å². The van der Waals surface area contributed by atoms with E-state index in [0.717, 1.165) is 24.3 Å². The number of aliphatic hydroxyl groups excluding tert-OH is 1. The Bertz CT molecular complexity index is 425. The molecule has 1 atom stereocenters. The molecule has 2 rings (SSSR count). The number of carbonyl (C=O) groups excluding carboxylic acids is 1. The van der Waals surface area contributed by atoms with Crippen LogP contribution in [0.2, 0.25) is 0 Å². The lowest BCUT2D eigenvalue weighted by molar-refractivity contribution is 0.167. The van der Waals surface area contributed by atoms with Gasteiger partial charge < -0.3 is 20.1 Å². The average Bonchev–Trinajstić information content (AvgIpc) is 2.86. The molecule has 1 amide bonds. The van der Waals surface area contributed by atoms with Crippen LogP contribution in [-0.2, 0) is 11.3 Å². The van der Waals surface area contributed by atoms with E-state index in [1.165, 1.54) is 7.11 Å². The number of pyridine rings is 1. The van der Waals surface area contributed by atoms with Gasteiger partial charge in [0, 0.05) is 24.8 Å². The fraction of sp³-hybridized carbons (Fsp3) is 0.500. The number of amides is 1. The zero-order chi connectivity index (χ0) is 13.0. The number of hydrogen-bond donors (Lipinski definition) is 2. The maximum atomic E-state index is 11.1. The Morgan fingerprint density at radius 2 is 2.56 bits per heavy atom. The lowest BCUT2D eigenvalue weighted by Crippen LogP contribution is -2.37. The van der Waals surface area contributed by atoms with Crippen LogP contribution in [0, 0.1) is 0 Å². The van der Waals surface area contributed by atoms with E-state index in [0.29, 0.717) is 6.54 Å². The van der Waals surface area contributed by atoms with E-state index >= 15 is 0 Å². The van der Waals surface area contributed by atoms with Crippen molar-refractivity contribution in [3.63, 3.8) is 0 Å². The molecule has 1 aromatic rings. The molecular formula is C12H17N3O3. The highest BCUT2D eigenvalue weighted by molar-refractivity contribution is 5.67. The van der Waals surface area contributed by atoms with E-state index < -0.39 is 6.09 Å².